The molecule has 2 rings (SSSR count). The lowest BCUT2D eigenvalue weighted by Crippen LogP contribution is -2.06. The van der Waals surface area contributed by atoms with Crippen LogP contribution >= 0.6 is 15.9 Å². The van der Waals surface area contributed by atoms with Crippen molar-refractivity contribution in [2.45, 2.75) is 6.42 Å². The maximum Gasteiger partial charge on any atom is 0.335 e. The molecule has 0 fully saturated rings. The second kappa shape index (κ2) is 4.41. The first-order valence-electron chi connectivity index (χ1n) is 4.31. The summed E-state index contributed by atoms with van der Waals surface area (Å²) in [5.41, 5.74) is 3.41. The highest BCUT2D eigenvalue weighted by Gasteiger charge is 2.05. The van der Waals surface area contributed by atoms with Crippen LogP contribution in [0, 0.1) is 0 Å². The Labute approximate surface area is 94.8 Å². The summed E-state index contributed by atoms with van der Waals surface area (Å²) in [6.07, 6.45) is 0.623. The summed E-state index contributed by atoms with van der Waals surface area (Å²) in [6.45, 7) is 0. The van der Waals surface area contributed by atoms with E-state index in [4.69, 9.17) is 10.4 Å². The van der Waals surface area contributed by atoms with E-state index in [-0.39, 0.29) is 6.01 Å². The molecule has 0 aliphatic heterocycles. The molecular weight excluding hydrogens is 260 g/mol. The summed E-state index contributed by atoms with van der Waals surface area (Å²) in [6, 6.07) is 8.16. The summed E-state index contributed by atoms with van der Waals surface area (Å²) in [4.78, 5) is 4.02. The van der Waals surface area contributed by atoms with Gasteiger partial charge in [0.1, 0.15) is 0 Å². The van der Waals surface area contributed by atoms with Crippen molar-refractivity contribution in [3.05, 3.63) is 40.1 Å². The molecule has 0 aliphatic rings. The van der Waals surface area contributed by atoms with Crippen molar-refractivity contribution in [2.75, 3.05) is 5.43 Å². The number of anilines is 1. The molecule has 0 amide bonds. The average Bonchev–Trinajstić information content (AvgIpc) is 2.69. The fraction of sp³-hybridized carbons (Fsp3) is 0.111. The molecule has 0 spiro atoms. The van der Waals surface area contributed by atoms with E-state index >= 15 is 0 Å². The molecule has 0 saturated heterocycles. The highest BCUT2D eigenvalue weighted by molar-refractivity contribution is 9.10. The van der Waals surface area contributed by atoms with Crippen LogP contribution in [0.2, 0.25) is 0 Å². The minimum atomic E-state index is 0.224. The lowest BCUT2D eigenvalue weighted by atomic mass is 10.1. The Kier molecular flexibility index (Phi) is 2.98. The van der Waals surface area contributed by atoms with E-state index in [1.807, 2.05) is 24.3 Å². The van der Waals surface area contributed by atoms with Gasteiger partial charge in [0.25, 0.3) is 0 Å². The summed E-state index contributed by atoms with van der Waals surface area (Å²) < 4.78 is 5.85. The molecular formula is C9H9BrN4O. The third-order valence-electron chi connectivity index (χ3n) is 1.87. The largest absolute Gasteiger partial charge is 0.335 e. The van der Waals surface area contributed by atoms with Crippen molar-refractivity contribution in [2.24, 2.45) is 5.84 Å². The number of halogens is 1. The summed E-state index contributed by atoms with van der Waals surface area (Å²) in [5, 5.41) is 3.76. The van der Waals surface area contributed by atoms with E-state index in [1.54, 1.807) is 0 Å². The molecule has 5 nitrogen and oxygen atoms in total. The SMILES string of the molecule is NNc1nc(Cc2ccc(Br)cc2)no1. The van der Waals surface area contributed by atoms with Crippen LogP contribution in [0.5, 0.6) is 0 Å². The lowest BCUT2D eigenvalue weighted by molar-refractivity contribution is 0.424. The first-order chi connectivity index (χ1) is 7.28. The Bertz CT molecular complexity index is 440. The van der Waals surface area contributed by atoms with Crippen molar-refractivity contribution < 1.29 is 4.52 Å². The Morgan fingerprint density at radius 2 is 2.07 bits per heavy atom. The Balaban J connectivity index is 2.11. The zero-order chi connectivity index (χ0) is 10.7. The Hall–Kier alpha value is -1.40. The van der Waals surface area contributed by atoms with Crippen molar-refractivity contribution in [3.8, 4) is 0 Å². The number of nitrogens with two attached hydrogens (primary N) is 1. The quantitative estimate of drug-likeness (QED) is 0.655. The second-order valence-electron chi connectivity index (χ2n) is 2.96. The van der Waals surface area contributed by atoms with Gasteiger partial charge in [-0.1, -0.05) is 33.2 Å². The van der Waals surface area contributed by atoms with Gasteiger partial charge in [-0.2, -0.15) is 4.98 Å². The van der Waals surface area contributed by atoms with E-state index < -0.39 is 0 Å². The number of hydrazine groups is 1. The Morgan fingerprint density at radius 1 is 1.33 bits per heavy atom. The third-order valence-corrected chi connectivity index (χ3v) is 2.40. The predicted octanol–water partition coefficient (Wildman–Crippen LogP) is 1.71. The first-order valence-corrected chi connectivity index (χ1v) is 5.11. The molecule has 0 radical (unpaired) electrons. The number of hydrogen-bond acceptors (Lipinski definition) is 5. The first kappa shape index (κ1) is 10.1. The molecule has 1 heterocycles. The summed E-state index contributed by atoms with van der Waals surface area (Å²) in [7, 11) is 0. The van der Waals surface area contributed by atoms with Crippen LogP contribution in [-0.4, -0.2) is 10.1 Å². The van der Waals surface area contributed by atoms with Crippen LogP contribution < -0.4 is 11.3 Å². The number of benzene rings is 1. The van der Waals surface area contributed by atoms with Crippen LogP contribution in [0.4, 0.5) is 6.01 Å². The molecule has 0 atom stereocenters. The van der Waals surface area contributed by atoms with Gasteiger partial charge in [-0.25, -0.2) is 5.84 Å². The van der Waals surface area contributed by atoms with E-state index in [1.165, 1.54) is 0 Å². The Morgan fingerprint density at radius 3 is 2.67 bits per heavy atom. The van der Waals surface area contributed by atoms with Gasteiger partial charge in [-0.15, -0.1) is 0 Å². The number of nitrogens with zero attached hydrogens (tertiary/aromatic N) is 2. The van der Waals surface area contributed by atoms with Crippen LogP contribution in [-0.2, 0) is 6.42 Å². The van der Waals surface area contributed by atoms with Crippen molar-refractivity contribution >= 4 is 21.9 Å². The lowest BCUT2D eigenvalue weighted by Gasteiger charge is -1.96. The molecule has 0 aliphatic carbocycles. The van der Waals surface area contributed by atoms with Crippen LogP contribution in [0.25, 0.3) is 0 Å². The molecule has 2 aromatic rings. The normalized spacial score (nSPS) is 10.3. The molecule has 0 bridgehead atoms. The minimum absolute atomic E-state index is 0.224. The number of nitrogen functional groups attached to an aromatic ring is 1. The topological polar surface area (TPSA) is 77.0 Å². The minimum Gasteiger partial charge on any atom is -0.314 e. The third kappa shape index (κ3) is 2.54. The van der Waals surface area contributed by atoms with Gasteiger partial charge >= 0.3 is 6.01 Å². The van der Waals surface area contributed by atoms with E-state index in [2.05, 4.69) is 31.5 Å². The van der Waals surface area contributed by atoms with E-state index in [0.717, 1.165) is 10.0 Å². The molecule has 78 valence electrons. The monoisotopic (exact) mass is 268 g/mol. The van der Waals surface area contributed by atoms with Crippen molar-refractivity contribution in [3.63, 3.8) is 0 Å². The zero-order valence-electron chi connectivity index (χ0n) is 7.77. The molecule has 0 saturated carbocycles. The summed E-state index contributed by atoms with van der Waals surface area (Å²) in [5.74, 6) is 5.73. The number of nitrogens with one attached hydrogen (secondary N) is 1. The molecule has 3 N–H and O–H groups in total. The van der Waals surface area contributed by atoms with Gasteiger partial charge < -0.3 is 4.52 Å². The highest BCUT2D eigenvalue weighted by atomic mass is 79.9. The number of aromatic nitrogens is 2. The van der Waals surface area contributed by atoms with Crippen LogP contribution in [0.1, 0.15) is 11.4 Å². The van der Waals surface area contributed by atoms with Crippen LogP contribution in [0.15, 0.2) is 33.3 Å². The van der Waals surface area contributed by atoms with Crippen molar-refractivity contribution in [1.29, 1.82) is 0 Å². The molecule has 6 heteroatoms. The van der Waals surface area contributed by atoms with Crippen molar-refractivity contribution in [1.82, 2.24) is 10.1 Å². The van der Waals surface area contributed by atoms with E-state index in [9.17, 15) is 0 Å². The maximum atomic E-state index is 5.12. The van der Waals surface area contributed by atoms with Gasteiger partial charge in [0.05, 0.1) is 0 Å². The number of hydrogen-bond donors (Lipinski definition) is 2. The molecule has 1 aromatic carbocycles. The fourth-order valence-electron chi connectivity index (χ4n) is 1.17. The predicted molar refractivity (Wildman–Crippen MR) is 59.1 cm³/mol. The second-order valence-corrected chi connectivity index (χ2v) is 3.88. The smallest absolute Gasteiger partial charge is 0.314 e. The van der Waals surface area contributed by atoms with Gasteiger partial charge in [0.15, 0.2) is 5.82 Å². The van der Waals surface area contributed by atoms with Crippen LogP contribution in [0.3, 0.4) is 0 Å². The van der Waals surface area contributed by atoms with E-state index in [0.29, 0.717) is 12.2 Å². The maximum absolute atomic E-state index is 5.12. The average molecular weight is 269 g/mol. The summed E-state index contributed by atoms with van der Waals surface area (Å²) >= 11 is 3.37. The molecule has 15 heavy (non-hydrogen) atoms. The zero-order valence-corrected chi connectivity index (χ0v) is 9.36. The van der Waals surface area contributed by atoms with Gasteiger partial charge in [0.2, 0.25) is 0 Å². The standard InChI is InChI=1S/C9H9BrN4O/c10-7-3-1-6(2-4-7)5-8-12-9(13-11)15-14-8/h1-4H,5,11H2,(H,12,13,14). The number of rotatable bonds is 3. The molecule has 1 aromatic heterocycles. The highest BCUT2D eigenvalue weighted by Crippen LogP contribution is 2.13. The van der Waals surface area contributed by atoms with Gasteiger partial charge in [0, 0.05) is 10.9 Å². The fourth-order valence-corrected chi connectivity index (χ4v) is 1.43. The van der Waals surface area contributed by atoms with Gasteiger partial charge in [-0.05, 0) is 17.7 Å². The van der Waals surface area contributed by atoms with Gasteiger partial charge in [-0.3, -0.25) is 5.43 Å². The molecule has 0 unspecified atom stereocenters.